The van der Waals surface area contributed by atoms with Gasteiger partial charge in [0.05, 0.1) is 46.2 Å². The zero-order chi connectivity index (χ0) is 21.1. The summed E-state index contributed by atoms with van der Waals surface area (Å²) in [5, 5.41) is 0. The summed E-state index contributed by atoms with van der Waals surface area (Å²) in [6, 6.07) is 0. The molecule has 7 nitrogen and oxygen atoms in total. The fraction of sp³-hybridized carbons (Fsp3) is 0.810. The van der Waals surface area contributed by atoms with Gasteiger partial charge in [0.1, 0.15) is 11.4 Å². The molecule has 0 rings (SSSR count). The molecule has 0 heterocycles. The molecule has 0 aromatic heterocycles. The molecule has 0 saturated carbocycles. The number of hydrogen-bond donors (Lipinski definition) is 0. The van der Waals surface area contributed by atoms with E-state index in [1.165, 1.54) is 0 Å². The lowest BCUT2D eigenvalue weighted by molar-refractivity contribution is -0.155. The smallest absolute Gasteiger partial charge is 0.306 e. The maximum absolute atomic E-state index is 11.5. The normalized spacial score (nSPS) is 11.2. The Balaban J connectivity index is 3.21. The van der Waals surface area contributed by atoms with Gasteiger partial charge in [-0.3, -0.25) is 9.59 Å². The number of carbonyl (C=O) groups is 2. The average Bonchev–Trinajstić information content (AvgIpc) is 2.61. The van der Waals surface area contributed by atoms with Gasteiger partial charge >= 0.3 is 5.97 Å². The molecule has 0 N–H and O–H groups in total. The molecule has 0 aliphatic heterocycles. The molecule has 28 heavy (non-hydrogen) atoms. The Labute approximate surface area is 169 Å². The standard InChI is InChI=1S/C21H36O7/c1-5-6-8-19(22)10-12-25-14-16-27-18-17-26-15-13-24-11-7-9-20(23)28-21(2,3)4/h1H,6-18H2,2-4H3. The van der Waals surface area contributed by atoms with Crippen LogP contribution in [0.15, 0.2) is 0 Å². The van der Waals surface area contributed by atoms with Gasteiger partial charge in [0.2, 0.25) is 0 Å². The summed E-state index contributed by atoms with van der Waals surface area (Å²) in [5.74, 6) is 2.36. The predicted octanol–water partition coefficient (Wildman–Crippen LogP) is 2.55. The first-order valence-electron chi connectivity index (χ1n) is 9.83. The molecule has 0 spiro atoms. The summed E-state index contributed by atoms with van der Waals surface area (Å²) in [6.45, 7) is 9.26. The van der Waals surface area contributed by atoms with Crippen LogP contribution < -0.4 is 0 Å². The summed E-state index contributed by atoms with van der Waals surface area (Å²) in [6.07, 6.45) is 7.38. The summed E-state index contributed by atoms with van der Waals surface area (Å²) in [5.41, 5.74) is -0.443. The van der Waals surface area contributed by atoms with Gasteiger partial charge in [-0.25, -0.2) is 0 Å². The van der Waals surface area contributed by atoms with Crippen molar-refractivity contribution in [2.45, 2.75) is 58.5 Å². The molecule has 0 bridgehead atoms. The average molecular weight is 401 g/mol. The van der Waals surface area contributed by atoms with Crippen LogP contribution in [0, 0.1) is 12.3 Å². The van der Waals surface area contributed by atoms with E-state index >= 15 is 0 Å². The van der Waals surface area contributed by atoms with Crippen molar-refractivity contribution in [3.8, 4) is 12.3 Å². The van der Waals surface area contributed by atoms with Crippen LogP contribution in [-0.4, -0.2) is 70.2 Å². The number of ketones is 1. The van der Waals surface area contributed by atoms with E-state index in [4.69, 9.17) is 30.1 Å². The van der Waals surface area contributed by atoms with Gasteiger partial charge in [-0.1, -0.05) is 0 Å². The van der Waals surface area contributed by atoms with Crippen LogP contribution in [0.3, 0.4) is 0 Å². The van der Waals surface area contributed by atoms with E-state index in [1.54, 1.807) is 0 Å². The van der Waals surface area contributed by atoms with Crippen molar-refractivity contribution < 1.29 is 33.3 Å². The van der Waals surface area contributed by atoms with Crippen molar-refractivity contribution in [1.29, 1.82) is 0 Å². The Morgan fingerprint density at radius 1 is 0.750 bits per heavy atom. The Morgan fingerprint density at radius 3 is 1.75 bits per heavy atom. The second kappa shape index (κ2) is 17.6. The quantitative estimate of drug-likeness (QED) is 0.199. The molecule has 162 valence electrons. The molecule has 0 fully saturated rings. The van der Waals surface area contributed by atoms with Crippen LogP contribution >= 0.6 is 0 Å². The largest absolute Gasteiger partial charge is 0.460 e. The van der Waals surface area contributed by atoms with E-state index in [-0.39, 0.29) is 11.8 Å². The van der Waals surface area contributed by atoms with Gasteiger partial charge in [-0.15, -0.1) is 12.3 Å². The number of rotatable bonds is 18. The van der Waals surface area contributed by atoms with E-state index in [0.717, 1.165) is 0 Å². The number of carbonyl (C=O) groups excluding carboxylic acids is 2. The second-order valence-corrected chi connectivity index (χ2v) is 7.13. The Hall–Kier alpha value is -1.46. The lowest BCUT2D eigenvalue weighted by Gasteiger charge is -2.19. The maximum atomic E-state index is 11.5. The number of hydrogen-bond acceptors (Lipinski definition) is 7. The minimum Gasteiger partial charge on any atom is -0.460 e. The summed E-state index contributed by atoms with van der Waals surface area (Å²) < 4.78 is 26.7. The first kappa shape index (κ1) is 26.5. The highest BCUT2D eigenvalue weighted by molar-refractivity contribution is 5.78. The minimum atomic E-state index is -0.443. The number of ether oxygens (including phenoxy) is 5. The van der Waals surface area contributed by atoms with E-state index in [9.17, 15) is 9.59 Å². The molecular formula is C21H36O7. The van der Waals surface area contributed by atoms with Crippen LogP contribution in [0.1, 0.15) is 52.9 Å². The molecule has 0 atom stereocenters. The maximum Gasteiger partial charge on any atom is 0.306 e. The third kappa shape index (κ3) is 20.8. The first-order valence-corrected chi connectivity index (χ1v) is 9.83. The van der Waals surface area contributed by atoms with Crippen molar-refractivity contribution in [3.63, 3.8) is 0 Å². The number of esters is 1. The lowest BCUT2D eigenvalue weighted by atomic mass is 10.2. The van der Waals surface area contributed by atoms with Gasteiger partial charge in [0.25, 0.3) is 0 Å². The Morgan fingerprint density at radius 2 is 1.25 bits per heavy atom. The summed E-state index contributed by atoms with van der Waals surface area (Å²) in [4.78, 5) is 22.8. The van der Waals surface area contributed by atoms with Gasteiger partial charge < -0.3 is 23.7 Å². The van der Waals surface area contributed by atoms with Crippen molar-refractivity contribution in [1.82, 2.24) is 0 Å². The molecule has 0 aromatic rings. The van der Waals surface area contributed by atoms with Crippen molar-refractivity contribution in [2.75, 3.05) is 52.9 Å². The third-order valence-corrected chi connectivity index (χ3v) is 3.28. The topological polar surface area (TPSA) is 80.3 Å². The van der Waals surface area contributed by atoms with E-state index in [2.05, 4.69) is 5.92 Å². The zero-order valence-corrected chi connectivity index (χ0v) is 17.6. The van der Waals surface area contributed by atoms with Crippen molar-refractivity contribution >= 4 is 11.8 Å². The molecule has 7 heteroatoms. The molecule has 0 unspecified atom stereocenters. The van der Waals surface area contributed by atoms with Crippen LogP contribution in [0.4, 0.5) is 0 Å². The van der Waals surface area contributed by atoms with Crippen LogP contribution in [0.25, 0.3) is 0 Å². The molecule has 0 aliphatic carbocycles. The van der Waals surface area contributed by atoms with Gasteiger partial charge in [-0.05, 0) is 27.2 Å². The molecule has 0 aromatic carbocycles. The van der Waals surface area contributed by atoms with Crippen molar-refractivity contribution in [2.24, 2.45) is 0 Å². The third-order valence-electron chi connectivity index (χ3n) is 3.28. The predicted molar refractivity (Wildman–Crippen MR) is 106 cm³/mol. The van der Waals surface area contributed by atoms with Crippen molar-refractivity contribution in [3.05, 3.63) is 0 Å². The summed E-state index contributed by atoms with van der Waals surface area (Å²) in [7, 11) is 0. The molecular weight excluding hydrogens is 364 g/mol. The van der Waals surface area contributed by atoms with Crippen LogP contribution in [-0.2, 0) is 33.3 Å². The monoisotopic (exact) mass is 400 g/mol. The highest BCUT2D eigenvalue weighted by Crippen LogP contribution is 2.09. The van der Waals surface area contributed by atoms with E-state index in [1.807, 2.05) is 20.8 Å². The van der Waals surface area contributed by atoms with Crippen LogP contribution in [0.2, 0.25) is 0 Å². The zero-order valence-electron chi connectivity index (χ0n) is 17.6. The van der Waals surface area contributed by atoms with E-state index in [0.29, 0.717) is 85.0 Å². The first-order chi connectivity index (χ1) is 13.3. The highest BCUT2D eigenvalue weighted by Gasteiger charge is 2.15. The number of terminal acetylenes is 1. The van der Waals surface area contributed by atoms with Gasteiger partial charge in [0, 0.05) is 32.3 Å². The van der Waals surface area contributed by atoms with E-state index < -0.39 is 5.60 Å². The van der Waals surface area contributed by atoms with Gasteiger partial charge in [0.15, 0.2) is 0 Å². The fourth-order valence-electron chi connectivity index (χ4n) is 2.00. The summed E-state index contributed by atoms with van der Waals surface area (Å²) >= 11 is 0. The Bertz CT molecular complexity index is 449. The fourth-order valence-corrected chi connectivity index (χ4v) is 2.00. The lowest BCUT2D eigenvalue weighted by Crippen LogP contribution is -2.23. The molecule has 0 aliphatic rings. The molecule has 0 radical (unpaired) electrons. The SMILES string of the molecule is C#CCCC(=O)CCOCCOCCOCCOCCCC(=O)OC(C)(C)C. The van der Waals surface area contributed by atoms with Crippen LogP contribution in [0.5, 0.6) is 0 Å². The molecule has 0 amide bonds. The highest BCUT2D eigenvalue weighted by atomic mass is 16.6. The Kier molecular flexibility index (Phi) is 16.7. The second-order valence-electron chi connectivity index (χ2n) is 7.13. The van der Waals surface area contributed by atoms with Gasteiger partial charge in [-0.2, -0.15) is 0 Å². The molecule has 0 saturated heterocycles. The number of Topliss-reactive ketones (excluding diaryl/α,β-unsaturated/α-hetero) is 1. The minimum absolute atomic E-state index is 0.124.